The third kappa shape index (κ3) is 5.30. The van der Waals surface area contributed by atoms with Crippen molar-refractivity contribution >= 4 is 0 Å². The van der Waals surface area contributed by atoms with Gasteiger partial charge in [0.15, 0.2) is 0 Å². The van der Waals surface area contributed by atoms with Crippen molar-refractivity contribution in [3.63, 3.8) is 0 Å². The van der Waals surface area contributed by atoms with Crippen molar-refractivity contribution in [2.24, 2.45) is 17.1 Å². The van der Waals surface area contributed by atoms with Crippen molar-refractivity contribution in [2.45, 2.75) is 90.9 Å². The zero-order valence-corrected chi connectivity index (χ0v) is 12.8. The summed E-state index contributed by atoms with van der Waals surface area (Å²) >= 11 is 0. The minimum atomic E-state index is 0.524. The monoisotopic (exact) mass is 253 g/mol. The fourth-order valence-corrected chi connectivity index (χ4v) is 3.55. The molecule has 1 heteroatoms. The molecule has 108 valence electrons. The molecule has 0 aromatic rings. The summed E-state index contributed by atoms with van der Waals surface area (Å²) in [6.45, 7) is 5.53. The third-order valence-electron chi connectivity index (χ3n) is 5.13. The molecule has 0 aliphatic heterocycles. The Labute approximate surface area is 115 Å². The first kappa shape index (κ1) is 16.0. The van der Waals surface area contributed by atoms with Crippen LogP contribution in [0.15, 0.2) is 0 Å². The molecule has 0 radical (unpaired) electrons. The highest BCUT2D eigenvalue weighted by Gasteiger charge is 2.33. The molecule has 0 heterocycles. The molecule has 2 N–H and O–H groups in total. The van der Waals surface area contributed by atoms with Gasteiger partial charge >= 0.3 is 0 Å². The van der Waals surface area contributed by atoms with Crippen LogP contribution in [0.25, 0.3) is 0 Å². The summed E-state index contributed by atoms with van der Waals surface area (Å²) in [6, 6.07) is 0. The zero-order valence-electron chi connectivity index (χ0n) is 12.8. The minimum Gasteiger partial charge on any atom is -0.330 e. The van der Waals surface area contributed by atoms with Gasteiger partial charge in [0.05, 0.1) is 0 Å². The van der Waals surface area contributed by atoms with Crippen molar-refractivity contribution in [1.29, 1.82) is 0 Å². The largest absolute Gasteiger partial charge is 0.330 e. The van der Waals surface area contributed by atoms with Crippen molar-refractivity contribution in [3.05, 3.63) is 0 Å². The predicted molar refractivity (Wildman–Crippen MR) is 81.7 cm³/mol. The second-order valence-electron chi connectivity index (χ2n) is 6.60. The lowest BCUT2D eigenvalue weighted by Crippen LogP contribution is -2.35. The molecule has 1 fully saturated rings. The van der Waals surface area contributed by atoms with Gasteiger partial charge in [-0.15, -0.1) is 0 Å². The molecular formula is C17H35N. The fraction of sp³-hybridized carbons (Fsp3) is 1.00. The van der Waals surface area contributed by atoms with Gasteiger partial charge in [0, 0.05) is 0 Å². The van der Waals surface area contributed by atoms with Crippen LogP contribution < -0.4 is 5.73 Å². The van der Waals surface area contributed by atoms with Crippen LogP contribution in [0.1, 0.15) is 90.9 Å². The van der Waals surface area contributed by atoms with E-state index in [1.54, 1.807) is 0 Å². The molecular weight excluding hydrogens is 218 g/mol. The van der Waals surface area contributed by atoms with Gasteiger partial charge in [0.1, 0.15) is 0 Å². The third-order valence-corrected chi connectivity index (χ3v) is 5.13. The van der Waals surface area contributed by atoms with Crippen LogP contribution in [0, 0.1) is 11.3 Å². The van der Waals surface area contributed by atoms with Gasteiger partial charge in [0.25, 0.3) is 0 Å². The van der Waals surface area contributed by atoms with E-state index in [2.05, 4.69) is 13.8 Å². The Morgan fingerprint density at radius 3 is 2.17 bits per heavy atom. The van der Waals surface area contributed by atoms with Crippen LogP contribution in [0.4, 0.5) is 0 Å². The highest BCUT2D eigenvalue weighted by atomic mass is 14.6. The number of nitrogens with two attached hydrogens (primary N) is 1. The Morgan fingerprint density at radius 2 is 1.61 bits per heavy atom. The molecule has 0 aromatic heterocycles. The average molecular weight is 253 g/mol. The maximum Gasteiger partial charge on any atom is -0.00205 e. The summed E-state index contributed by atoms with van der Waals surface area (Å²) < 4.78 is 0. The number of unbranched alkanes of at least 4 members (excludes halogenated alkanes) is 4. The van der Waals surface area contributed by atoms with Crippen molar-refractivity contribution in [3.8, 4) is 0 Å². The van der Waals surface area contributed by atoms with Gasteiger partial charge in [-0.2, -0.15) is 0 Å². The highest BCUT2D eigenvalue weighted by molar-refractivity contribution is 4.86. The lowest BCUT2D eigenvalue weighted by atomic mass is 9.67. The molecule has 1 saturated carbocycles. The van der Waals surface area contributed by atoms with E-state index in [1.807, 2.05) is 0 Å². The van der Waals surface area contributed by atoms with Crippen LogP contribution in [0.2, 0.25) is 0 Å². The second kappa shape index (κ2) is 8.96. The first-order valence-electron chi connectivity index (χ1n) is 8.46. The van der Waals surface area contributed by atoms with Crippen LogP contribution in [-0.2, 0) is 0 Å². The van der Waals surface area contributed by atoms with E-state index in [1.165, 1.54) is 77.0 Å². The van der Waals surface area contributed by atoms with E-state index in [0.29, 0.717) is 5.41 Å². The Balaban J connectivity index is 2.26. The zero-order chi connectivity index (χ0) is 13.3. The first-order valence-corrected chi connectivity index (χ1v) is 8.46. The Hall–Kier alpha value is -0.0400. The molecule has 0 aromatic carbocycles. The van der Waals surface area contributed by atoms with Crippen molar-refractivity contribution in [1.82, 2.24) is 0 Å². The highest BCUT2D eigenvalue weighted by Crippen LogP contribution is 2.43. The maximum absolute atomic E-state index is 6.10. The first-order chi connectivity index (χ1) is 8.76. The Bertz CT molecular complexity index is 192. The smallest absolute Gasteiger partial charge is 0.00205 e. The van der Waals surface area contributed by atoms with Gasteiger partial charge in [-0.05, 0) is 50.0 Å². The van der Waals surface area contributed by atoms with Crippen LogP contribution >= 0.6 is 0 Å². The second-order valence-corrected chi connectivity index (χ2v) is 6.60. The standard InChI is InChI=1S/C17H35N/c1-3-5-7-8-12-17(15-18)13-10-16(11-14-17)9-6-4-2/h16H,3-15,18H2,1-2H3. The quantitative estimate of drug-likeness (QED) is 0.556. The van der Waals surface area contributed by atoms with E-state index < -0.39 is 0 Å². The molecule has 0 spiro atoms. The van der Waals surface area contributed by atoms with E-state index in [4.69, 9.17) is 5.73 Å². The van der Waals surface area contributed by atoms with Crippen LogP contribution in [0.5, 0.6) is 0 Å². The van der Waals surface area contributed by atoms with E-state index in [9.17, 15) is 0 Å². The molecule has 0 unspecified atom stereocenters. The molecule has 0 amide bonds. The topological polar surface area (TPSA) is 26.0 Å². The summed E-state index contributed by atoms with van der Waals surface area (Å²) in [7, 11) is 0. The van der Waals surface area contributed by atoms with E-state index in [-0.39, 0.29) is 0 Å². The molecule has 1 rings (SSSR count). The summed E-state index contributed by atoms with van der Waals surface area (Å²) in [6.07, 6.45) is 16.9. The Kier molecular flexibility index (Phi) is 7.97. The van der Waals surface area contributed by atoms with Crippen molar-refractivity contribution in [2.75, 3.05) is 6.54 Å². The van der Waals surface area contributed by atoms with Crippen LogP contribution in [-0.4, -0.2) is 6.54 Å². The van der Waals surface area contributed by atoms with Gasteiger partial charge in [-0.25, -0.2) is 0 Å². The number of hydrogen-bond acceptors (Lipinski definition) is 1. The van der Waals surface area contributed by atoms with Gasteiger partial charge in [-0.3, -0.25) is 0 Å². The SMILES string of the molecule is CCCCCCC1(CN)CCC(CCCC)CC1. The molecule has 0 bridgehead atoms. The summed E-state index contributed by atoms with van der Waals surface area (Å²) in [5.41, 5.74) is 6.62. The summed E-state index contributed by atoms with van der Waals surface area (Å²) in [5, 5.41) is 0. The predicted octanol–water partition coefficient (Wildman–Crippen LogP) is 5.28. The molecule has 18 heavy (non-hydrogen) atoms. The lowest BCUT2D eigenvalue weighted by molar-refractivity contribution is 0.135. The molecule has 1 aliphatic carbocycles. The van der Waals surface area contributed by atoms with Gasteiger partial charge < -0.3 is 5.73 Å². The molecule has 0 saturated heterocycles. The summed E-state index contributed by atoms with van der Waals surface area (Å²) in [4.78, 5) is 0. The normalized spacial score (nSPS) is 28.5. The van der Waals surface area contributed by atoms with Crippen LogP contribution in [0.3, 0.4) is 0 Å². The van der Waals surface area contributed by atoms with E-state index >= 15 is 0 Å². The Morgan fingerprint density at radius 1 is 0.944 bits per heavy atom. The molecule has 0 atom stereocenters. The molecule has 1 nitrogen and oxygen atoms in total. The van der Waals surface area contributed by atoms with Crippen molar-refractivity contribution < 1.29 is 0 Å². The fourth-order valence-electron chi connectivity index (χ4n) is 3.55. The molecule has 1 aliphatic rings. The lowest BCUT2D eigenvalue weighted by Gasteiger charge is -2.40. The maximum atomic E-state index is 6.10. The van der Waals surface area contributed by atoms with Gasteiger partial charge in [-0.1, -0.05) is 58.8 Å². The summed E-state index contributed by atoms with van der Waals surface area (Å²) in [5.74, 6) is 1.01. The minimum absolute atomic E-state index is 0.524. The van der Waals surface area contributed by atoms with Gasteiger partial charge in [0.2, 0.25) is 0 Å². The number of hydrogen-bond donors (Lipinski definition) is 1. The van der Waals surface area contributed by atoms with E-state index in [0.717, 1.165) is 12.5 Å². The average Bonchev–Trinajstić information content (AvgIpc) is 2.43. The number of rotatable bonds is 9.